The third kappa shape index (κ3) is 3.53. The van der Waals surface area contributed by atoms with Crippen molar-refractivity contribution >= 4 is 5.65 Å². The Kier molecular flexibility index (Phi) is 3.06. The van der Waals surface area contributed by atoms with E-state index in [2.05, 4.69) is 25.4 Å². The first-order valence-electron chi connectivity index (χ1n) is 11.4. The highest BCUT2D eigenvalue weighted by atomic mass is 19.1. The molecule has 10 heteroatoms. The van der Waals surface area contributed by atoms with Crippen molar-refractivity contribution in [2.75, 3.05) is 0 Å². The minimum Gasteiger partial charge on any atom is -0.468 e. The SMILES string of the molecule is [2H]c1nc(C([2H])([2H])Oc2nn3c(-c4cc(F)ccc4F)nnc3cc2C(C)(C)C)n(C([2H])([2H])[2H])n1. The Morgan fingerprint density at radius 2 is 2.07 bits per heavy atom. The van der Waals surface area contributed by atoms with Crippen molar-refractivity contribution in [1.82, 2.24) is 34.6 Å². The van der Waals surface area contributed by atoms with E-state index in [1.165, 1.54) is 6.07 Å². The molecule has 0 bridgehead atoms. The number of hydrogen-bond acceptors (Lipinski definition) is 6. The van der Waals surface area contributed by atoms with E-state index in [1.54, 1.807) is 20.8 Å². The van der Waals surface area contributed by atoms with Crippen molar-refractivity contribution in [3.05, 3.63) is 53.6 Å². The fraction of sp³-hybridized carbons (Fsp3) is 0.316. The monoisotopic (exact) mass is 405 g/mol. The summed E-state index contributed by atoms with van der Waals surface area (Å²) in [5, 5.41) is 15.6. The lowest BCUT2D eigenvalue weighted by Crippen LogP contribution is -2.17. The van der Waals surface area contributed by atoms with Crippen molar-refractivity contribution in [1.29, 1.82) is 0 Å². The maximum Gasteiger partial charge on any atom is 0.236 e. The van der Waals surface area contributed by atoms with E-state index in [0.29, 0.717) is 5.56 Å². The number of ether oxygens (including phenoxy) is 1. The molecule has 0 N–H and O–H groups in total. The Balaban J connectivity index is 1.90. The molecule has 4 rings (SSSR count). The van der Waals surface area contributed by atoms with Gasteiger partial charge in [-0.05, 0) is 29.7 Å². The summed E-state index contributed by atoms with van der Waals surface area (Å²) in [6.45, 7) is -0.462. The fourth-order valence-corrected chi connectivity index (χ4v) is 2.63. The van der Waals surface area contributed by atoms with Crippen LogP contribution in [-0.2, 0) is 18.9 Å². The molecule has 0 saturated carbocycles. The number of benzene rings is 1. The molecule has 29 heavy (non-hydrogen) atoms. The molecule has 4 aromatic rings. The molecule has 0 atom stereocenters. The number of aryl methyl sites for hydroxylation is 1. The number of rotatable bonds is 4. The molecule has 0 fully saturated rings. The second kappa shape index (κ2) is 6.87. The van der Waals surface area contributed by atoms with Gasteiger partial charge in [-0.15, -0.1) is 15.3 Å². The third-order valence-electron chi connectivity index (χ3n) is 4.08. The number of hydrogen-bond donors (Lipinski definition) is 0. The lowest BCUT2D eigenvalue weighted by Gasteiger charge is -2.21. The molecule has 0 aliphatic heterocycles. The first-order valence-corrected chi connectivity index (χ1v) is 8.44. The molecule has 1 aromatic carbocycles. The Hall–Kier alpha value is -3.43. The molecule has 0 radical (unpaired) electrons. The Labute approximate surface area is 173 Å². The van der Waals surface area contributed by atoms with Crippen LogP contribution >= 0.6 is 0 Å². The standard InChI is InChI=1S/C19H19F2N7O/c1-19(2,3)13-8-15-24-25-17(12-7-11(20)5-6-14(12)21)28(15)26-18(13)29-9-16-22-10-23-27(16)4/h5-8,10H,9H2,1-4H3/i4D3,9D2,10D. The molecule has 0 amide bonds. The largest absolute Gasteiger partial charge is 0.468 e. The minimum atomic E-state index is -2.93. The summed E-state index contributed by atoms with van der Waals surface area (Å²) in [6.07, 6.45) is -0.717. The van der Waals surface area contributed by atoms with Crippen LogP contribution in [0.1, 0.15) is 40.4 Å². The highest BCUT2D eigenvalue weighted by molar-refractivity contribution is 5.60. The highest BCUT2D eigenvalue weighted by Gasteiger charge is 2.24. The zero-order valence-electron chi connectivity index (χ0n) is 21.6. The summed E-state index contributed by atoms with van der Waals surface area (Å²) in [4.78, 5) is 3.58. The van der Waals surface area contributed by atoms with Crippen LogP contribution in [0.4, 0.5) is 8.78 Å². The van der Waals surface area contributed by atoms with Gasteiger partial charge in [0.05, 0.1) is 8.30 Å². The lowest BCUT2D eigenvalue weighted by atomic mass is 9.88. The molecule has 3 heterocycles. The highest BCUT2D eigenvalue weighted by Crippen LogP contribution is 2.32. The van der Waals surface area contributed by atoms with Crippen molar-refractivity contribution in [2.24, 2.45) is 6.98 Å². The second-order valence-corrected chi connectivity index (χ2v) is 7.18. The maximum absolute atomic E-state index is 14.4. The summed E-state index contributed by atoms with van der Waals surface area (Å²) < 4.78 is 82.1. The summed E-state index contributed by atoms with van der Waals surface area (Å²) >= 11 is 0. The van der Waals surface area contributed by atoms with Crippen molar-refractivity contribution in [3.8, 4) is 17.3 Å². The smallest absolute Gasteiger partial charge is 0.236 e. The first kappa shape index (κ1) is 12.9. The maximum atomic E-state index is 14.4. The Morgan fingerprint density at radius 1 is 1.24 bits per heavy atom. The van der Waals surface area contributed by atoms with E-state index in [1.807, 2.05) is 0 Å². The zero-order valence-corrected chi connectivity index (χ0v) is 15.6. The van der Waals surface area contributed by atoms with Crippen molar-refractivity contribution < 1.29 is 21.7 Å². The predicted molar refractivity (Wildman–Crippen MR) is 100 cm³/mol. The zero-order chi connectivity index (χ0) is 25.9. The Morgan fingerprint density at radius 3 is 2.83 bits per heavy atom. The minimum absolute atomic E-state index is 0.153. The van der Waals surface area contributed by atoms with E-state index >= 15 is 0 Å². The summed E-state index contributed by atoms with van der Waals surface area (Å²) in [5.74, 6) is -2.74. The van der Waals surface area contributed by atoms with Crippen LogP contribution in [0.5, 0.6) is 5.88 Å². The van der Waals surface area contributed by atoms with Gasteiger partial charge in [0.15, 0.2) is 17.3 Å². The van der Waals surface area contributed by atoms with Crippen molar-refractivity contribution in [3.63, 3.8) is 0 Å². The van der Waals surface area contributed by atoms with E-state index in [4.69, 9.17) is 13.0 Å². The molecule has 0 aliphatic rings. The first-order chi connectivity index (χ1) is 16.1. The molecular formula is C19H19F2N7O. The average Bonchev–Trinajstić information content (AvgIpc) is 3.32. The van der Waals surface area contributed by atoms with Gasteiger partial charge < -0.3 is 4.74 Å². The van der Waals surface area contributed by atoms with E-state index in [0.717, 1.165) is 22.7 Å². The molecule has 0 saturated heterocycles. The lowest BCUT2D eigenvalue weighted by molar-refractivity contribution is 0.266. The van der Waals surface area contributed by atoms with Gasteiger partial charge in [-0.25, -0.2) is 13.8 Å². The van der Waals surface area contributed by atoms with Gasteiger partial charge in [0.1, 0.15) is 25.9 Å². The number of halogens is 2. The summed E-state index contributed by atoms with van der Waals surface area (Å²) in [7, 11) is 0. The van der Waals surface area contributed by atoms with Crippen LogP contribution in [-0.4, -0.2) is 34.6 Å². The van der Waals surface area contributed by atoms with Gasteiger partial charge >= 0.3 is 0 Å². The van der Waals surface area contributed by atoms with E-state index in [-0.39, 0.29) is 27.6 Å². The van der Waals surface area contributed by atoms with E-state index < -0.39 is 42.7 Å². The normalized spacial score (nSPS) is 15.9. The second-order valence-electron chi connectivity index (χ2n) is 7.18. The molecule has 8 nitrogen and oxygen atoms in total. The van der Waals surface area contributed by atoms with Gasteiger partial charge in [0, 0.05) is 16.7 Å². The average molecular weight is 405 g/mol. The van der Waals surface area contributed by atoms with Gasteiger partial charge in [0.25, 0.3) is 0 Å². The van der Waals surface area contributed by atoms with Gasteiger partial charge in [0.2, 0.25) is 5.88 Å². The van der Waals surface area contributed by atoms with Gasteiger partial charge in [-0.1, -0.05) is 20.8 Å². The number of nitrogens with zero attached hydrogens (tertiary/aromatic N) is 7. The molecule has 0 aliphatic carbocycles. The molecule has 3 aromatic heterocycles. The summed E-state index contributed by atoms with van der Waals surface area (Å²) in [6, 6.07) is 4.28. The topological polar surface area (TPSA) is 83.0 Å². The van der Waals surface area contributed by atoms with Crippen LogP contribution in [0.15, 0.2) is 30.6 Å². The van der Waals surface area contributed by atoms with E-state index in [9.17, 15) is 8.78 Å². The summed E-state index contributed by atoms with van der Waals surface area (Å²) in [5.41, 5.74) is -0.392. The van der Waals surface area contributed by atoms with Crippen molar-refractivity contribution in [2.45, 2.75) is 32.7 Å². The number of aromatic nitrogens is 7. The van der Waals surface area contributed by atoms with Crippen LogP contribution in [0.2, 0.25) is 0 Å². The van der Waals surface area contributed by atoms with Crippen LogP contribution in [0.25, 0.3) is 17.0 Å². The predicted octanol–water partition coefficient (Wildman–Crippen LogP) is 3.07. The Bertz CT molecular complexity index is 1430. The molecule has 0 unspecified atom stereocenters. The quantitative estimate of drug-likeness (QED) is 0.519. The van der Waals surface area contributed by atoms with Crippen LogP contribution in [0, 0.1) is 11.6 Å². The molecular weight excluding hydrogens is 380 g/mol. The van der Waals surface area contributed by atoms with Crippen LogP contribution < -0.4 is 4.74 Å². The fourth-order valence-electron chi connectivity index (χ4n) is 2.63. The molecule has 150 valence electrons. The van der Waals surface area contributed by atoms with Gasteiger partial charge in [-0.3, -0.25) is 4.68 Å². The number of fused-ring (bicyclic) bond motifs is 1. The van der Waals surface area contributed by atoms with Crippen LogP contribution in [0.3, 0.4) is 0 Å². The van der Waals surface area contributed by atoms with Gasteiger partial charge in [-0.2, -0.15) is 9.61 Å². The molecule has 0 spiro atoms. The third-order valence-corrected chi connectivity index (χ3v) is 4.08.